The number of likely N-dealkylation sites (tertiary alicyclic amines) is 1. The molecule has 2 N–H and O–H groups in total. The lowest BCUT2D eigenvalue weighted by Crippen LogP contribution is -2.40. The number of rotatable bonds is 7. The molecule has 2 bridgehead atoms. The first-order valence-electron chi connectivity index (χ1n) is 10.7. The summed E-state index contributed by atoms with van der Waals surface area (Å²) in [6.07, 6.45) is 5.87. The number of guanidine groups is 1. The summed E-state index contributed by atoms with van der Waals surface area (Å²) in [4.78, 5) is 31.5. The number of amides is 2. The van der Waals surface area contributed by atoms with Crippen LogP contribution in [0.3, 0.4) is 0 Å². The van der Waals surface area contributed by atoms with E-state index >= 15 is 0 Å². The number of nitrogens with one attached hydrogen (secondary N) is 2. The third-order valence-corrected chi connectivity index (χ3v) is 6.23. The SMILES string of the molecule is CCNC(=NCc1cccc(C#N)c1)NCCCN1C(=O)C2C3C=CC(C3)C2C1=O. The molecule has 2 fully saturated rings. The second kappa shape index (κ2) is 8.70. The molecule has 4 unspecified atom stereocenters. The minimum atomic E-state index is -0.122. The minimum absolute atomic E-state index is 0.0137. The Labute approximate surface area is 176 Å². The van der Waals surface area contributed by atoms with Gasteiger partial charge in [-0.15, -0.1) is 0 Å². The first-order chi connectivity index (χ1) is 14.6. The van der Waals surface area contributed by atoms with E-state index in [0.717, 1.165) is 18.5 Å². The molecule has 1 aromatic carbocycles. The Morgan fingerprint density at radius 2 is 1.93 bits per heavy atom. The fourth-order valence-electron chi connectivity index (χ4n) is 4.88. The molecule has 1 aliphatic heterocycles. The highest BCUT2D eigenvalue weighted by Crippen LogP contribution is 2.52. The van der Waals surface area contributed by atoms with Crippen LogP contribution in [0.5, 0.6) is 0 Å². The fraction of sp³-hybridized carbons (Fsp3) is 0.478. The Balaban J connectivity index is 1.27. The summed E-state index contributed by atoms with van der Waals surface area (Å²) in [7, 11) is 0. The fourth-order valence-corrected chi connectivity index (χ4v) is 4.88. The molecule has 1 saturated carbocycles. The standard InChI is InChI=1S/C23H27N5O2/c1-2-25-23(27-14-16-6-3-5-15(11-16)13-24)26-9-4-10-28-21(29)19-17-7-8-18(12-17)20(19)22(28)30/h3,5-8,11,17-20H,2,4,9-10,12,14H2,1H3,(H2,25,26,27). The van der Waals surface area contributed by atoms with Gasteiger partial charge < -0.3 is 10.6 Å². The van der Waals surface area contributed by atoms with Gasteiger partial charge in [-0.2, -0.15) is 5.26 Å². The van der Waals surface area contributed by atoms with E-state index in [0.29, 0.717) is 37.6 Å². The summed E-state index contributed by atoms with van der Waals surface area (Å²) in [5.41, 5.74) is 1.59. The van der Waals surface area contributed by atoms with Gasteiger partial charge in [0.15, 0.2) is 5.96 Å². The third kappa shape index (κ3) is 3.82. The predicted molar refractivity (Wildman–Crippen MR) is 113 cm³/mol. The van der Waals surface area contributed by atoms with Gasteiger partial charge in [-0.25, -0.2) is 4.99 Å². The molecule has 0 aromatic heterocycles. The molecular weight excluding hydrogens is 378 g/mol. The quantitative estimate of drug-likeness (QED) is 0.237. The molecule has 0 spiro atoms. The molecule has 30 heavy (non-hydrogen) atoms. The summed E-state index contributed by atoms with van der Waals surface area (Å²) in [5, 5.41) is 15.5. The van der Waals surface area contributed by atoms with Gasteiger partial charge in [0, 0.05) is 19.6 Å². The van der Waals surface area contributed by atoms with Gasteiger partial charge in [0.2, 0.25) is 11.8 Å². The van der Waals surface area contributed by atoms with Crippen molar-refractivity contribution in [3.8, 4) is 6.07 Å². The number of nitriles is 1. The van der Waals surface area contributed by atoms with E-state index in [2.05, 4.69) is 33.8 Å². The molecule has 2 amide bonds. The maximum Gasteiger partial charge on any atom is 0.233 e. The zero-order valence-electron chi connectivity index (χ0n) is 17.2. The van der Waals surface area contributed by atoms with E-state index in [1.54, 1.807) is 6.07 Å². The molecule has 0 radical (unpaired) electrons. The predicted octanol–water partition coefficient (Wildman–Crippen LogP) is 1.81. The van der Waals surface area contributed by atoms with Crippen molar-refractivity contribution in [2.24, 2.45) is 28.7 Å². The topological polar surface area (TPSA) is 97.6 Å². The molecule has 1 aromatic rings. The highest BCUT2D eigenvalue weighted by molar-refractivity contribution is 6.06. The van der Waals surface area contributed by atoms with Crippen LogP contribution in [-0.2, 0) is 16.1 Å². The average molecular weight is 406 g/mol. The van der Waals surface area contributed by atoms with Gasteiger partial charge >= 0.3 is 0 Å². The average Bonchev–Trinajstić information content (AvgIpc) is 3.44. The van der Waals surface area contributed by atoms with Crippen LogP contribution in [-0.4, -0.2) is 42.3 Å². The largest absolute Gasteiger partial charge is 0.357 e. The van der Waals surface area contributed by atoms with Crippen LogP contribution in [0.2, 0.25) is 0 Å². The molecule has 7 heteroatoms. The summed E-state index contributed by atoms with van der Waals surface area (Å²) in [6.45, 7) is 4.25. The Kier molecular flexibility index (Phi) is 5.84. The lowest BCUT2D eigenvalue weighted by atomic mass is 9.85. The first-order valence-corrected chi connectivity index (χ1v) is 10.7. The summed E-state index contributed by atoms with van der Waals surface area (Å²) < 4.78 is 0. The Bertz CT molecular complexity index is 902. The van der Waals surface area contributed by atoms with Crippen molar-refractivity contribution in [3.05, 3.63) is 47.5 Å². The second-order valence-corrected chi connectivity index (χ2v) is 8.12. The molecule has 4 rings (SSSR count). The van der Waals surface area contributed by atoms with Crippen molar-refractivity contribution in [1.82, 2.24) is 15.5 Å². The lowest BCUT2D eigenvalue weighted by Gasteiger charge is -2.18. The molecule has 1 saturated heterocycles. The molecule has 4 atom stereocenters. The number of allylic oxidation sites excluding steroid dienone is 2. The number of benzene rings is 1. The van der Waals surface area contributed by atoms with Crippen LogP contribution < -0.4 is 10.6 Å². The maximum atomic E-state index is 12.7. The van der Waals surface area contributed by atoms with Crippen LogP contribution in [0.15, 0.2) is 41.4 Å². The molecule has 156 valence electrons. The van der Waals surface area contributed by atoms with Crippen molar-refractivity contribution in [2.75, 3.05) is 19.6 Å². The second-order valence-electron chi connectivity index (χ2n) is 8.12. The number of hydrogen-bond acceptors (Lipinski definition) is 4. The molecular formula is C23H27N5O2. The van der Waals surface area contributed by atoms with Crippen molar-refractivity contribution in [3.63, 3.8) is 0 Å². The Hall–Kier alpha value is -3.14. The Morgan fingerprint density at radius 1 is 1.20 bits per heavy atom. The van der Waals surface area contributed by atoms with Crippen molar-refractivity contribution < 1.29 is 9.59 Å². The van der Waals surface area contributed by atoms with Crippen LogP contribution >= 0.6 is 0 Å². The van der Waals surface area contributed by atoms with E-state index in [1.165, 1.54) is 4.90 Å². The number of fused-ring (bicyclic) bond motifs is 5. The van der Waals surface area contributed by atoms with Crippen LogP contribution in [0.25, 0.3) is 0 Å². The molecule has 3 aliphatic rings. The van der Waals surface area contributed by atoms with E-state index in [1.807, 2.05) is 25.1 Å². The molecule has 2 aliphatic carbocycles. The lowest BCUT2D eigenvalue weighted by molar-refractivity contribution is -0.140. The summed E-state index contributed by atoms with van der Waals surface area (Å²) in [6, 6.07) is 9.53. The van der Waals surface area contributed by atoms with E-state index in [9.17, 15) is 9.59 Å². The first kappa shape index (κ1) is 20.1. The van der Waals surface area contributed by atoms with E-state index in [-0.39, 0.29) is 35.5 Å². The summed E-state index contributed by atoms with van der Waals surface area (Å²) in [5.74, 6) is 0.975. The number of hydrogen-bond donors (Lipinski definition) is 2. The van der Waals surface area contributed by atoms with Gasteiger partial charge in [-0.1, -0.05) is 24.3 Å². The monoisotopic (exact) mass is 405 g/mol. The van der Waals surface area contributed by atoms with E-state index in [4.69, 9.17) is 5.26 Å². The highest BCUT2D eigenvalue weighted by Gasteiger charge is 2.58. The number of imide groups is 1. The normalized spacial score (nSPS) is 26.8. The number of aliphatic imine (C=N–C) groups is 1. The van der Waals surface area contributed by atoms with Crippen LogP contribution in [0.1, 0.15) is 30.9 Å². The van der Waals surface area contributed by atoms with Crippen molar-refractivity contribution >= 4 is 17.8 Å². The van der Waals surface area contributed by atoms with Gasteiger partial charge in [-0.3, -0.25) is 14.5 Å². The van der Waals surface area contributed by atoms with E-state index < -0.39 is 0 Å². The number of nitrogens with zero attached hydrogens (tertiary/aromatic N) is 3. The number of carbonyl (C=O) groups excluding carboxylic acids is 2. The minimum Gasteiger partial charge on any atom is -0.357 e. The maximum absolute atomic E-state index is 12.7. The third-order valence-electron chi connectivity index (χ3n) is 6.23. The molecule has 1 heterocycles. The van der Waals surface area contributed by atoms with Gasteiger partial charge in [0.1, 0.15) is 0 Å². The van der Waals surface area contributed by atoms with Gasteiger partial charge in [0.05, 0.1) is 30.0 Å². The van der Waals surface area contributed by atoms with Crippen molar-refractivity contribution in [1.29, 1.82) is 5.26 Å². The van der Waals surface area contributed by atoms with Crippen LogP contribution in [0.4, 0.5) is 0 Å². The van der Waals surface area contributed by atoms with Crippen LogP contribution in [0, 0.1) is 35.0 Å². The molecule has 7 nitrogen and oxygen atoms in total. The smallest absolute Gasteiger partial charge is 0.233 e. The highest BCUT2D eigenvalue weighted by atomic mass is 16.2. The van der Waals surface area contributed by atoms with Gasteiger partial charge in [0.25, 0.3) is 0 Å². The zero-order valence-corrected chi connectivity index (χ0v) is 17.2. The Morgan fingerprint density at radius 3 is 2.60 bits per heavy atom. The summed E-state index contributed by atoms with van der Waals surface area (Å²) >= 11 is 0. The zero-order chi connectivity index (χ0) is 21.1. The van der Waals surface area contributed by atoms with Gasteiger partial charge in [-0.05, 0) is 49.3 Å². The number of carbonyl (C=O) groups is 2. The van der Waals surface area contributed by atoms with Crippen molar-refractivity contribution in [2.45, 2.75) is 26.3 Å².